The number of anilines is 1. The molecule has 1 aromatic carbocycles. The molecule has 0 bridgehead atoms. The van der Waals surface area contributed by atoms with Crippen LogP contribution in [0.15, 0.2) is 18.2 Å². The predicted octanol–water partition coefficient (Wildman–Crippen LogP) is 1.38. The van der Waals surface area contributed by atoms with Gasteiger partial charge in [-0.15, -0.1) is 0 Å². The second-order valence-electron chi connectivity index (χ2n) is 5.67. The summed E-state index contributed by atoms with van der Waals surface area (Å²) in [4.78, 5) is 27.7. The average Bonchev–Trinajstić information content (AvgIpc) is 2.51. The van der Waals surface area contributed by atoms with E-state index in [2.05, 4.69) is 5.32 Å². The van der Waals surface area contributed by atoms with E-state index in [0.29, 0.717) is 37.0 Å². The molecule has 1 aromatic rings. The van der Waals surface area contributed by atoms with Gasteiger partial charge in [-0.3, -0.25) is 14.5 Å². The highest BCUT2D eigenvalue weighted by Crippen LogP contribution is 2.20. The van der Waals surface area contributed by atoms with E-state index >= 15 is 0 Å². The van der Waals surface area contributed by atoms with Gasteiger partial charge in [0.2, 0.25) is 11.8 Å². The first kappa shape index (κ1) is 17.7. The number of rotatable bonds is 5. The molecule has 1 aliphatic heterocycles. The molecular weight excluding hydrogens is 318 g/mol. The summed E-state index contributed by atoms with van der Waals surface area (Å²) in [5.41, 5.74) is 1.63. The van der Waals surface area contributed by atoms with Gasteiger partial charge in [-0.05, 0) is 31.7 Å². The van der Waals surface area contributed by atoms with Crippen molar-refractivity contribution in [3.8, 4) is 0 Å². The van der Waals surface area contributed by atoms with E-state index < -0.39 is 0 Å². The molecule has 0 aliphatic carbocycles. The summed E-state index contributed by atoms with van der Waals surface area (Å²) >= 11 is 5.94. The first-order valence-electron chi connectivity index (χ1n) is 7.56. The van der Waals surface area contributed by atoms with E-state index in [1.807, 2.05) is 13.0 Å². The lowest BCUT2D eigenvalue weighted by Crippen LogP contribution is -2.46. The number of likely N-dealkylation sites (N-methyl/N-ethyl adjacent to an activating group) is 1. The van der Waals surface area contributed by atoms with E-state index in [1.54, 1.807) is 29.0 Å². The Morgan fingerprint density at radius 2 is 2.00 bits per heavy atom. The average molecular weight is 340 g/mol. The van der Waals surface area contributed by atoms with Crippen molar-refractivity contribution in [1.82, 2.24) is 9.80 Å². The molecule has 0 unspecified atom stereocenters. The van der Waals surface area contributed by atoms with Gasteiger partial charge in [0.25, 0.3) is 0 Å². The molecule has 0 radical (unpaired) electrons. The topological polar surface area (TPSA) is 61.9 Å². The third-order valence-corrected chi connectivity index (χ3v) is 3.89. The molecule has 7 heteroatoms. The van der Waals surface area contributed by atoms with Crippen LogP contribution in [-0.2, 0) is 14.3 Å². The van der Waals surface area contributed by atoms with E-state index in [0.717, 1.165) is 5.56 Å². The quantitative estimate of drug-likeness (QED) is 0.880. The molecule has 23 heavy (non-hydrogen) atoms. The van der Waals surface area contributed by atoms with Crippen molar-refractivity contribution in [3.63, 3.8) is 0 Å². The number of hydrogen-bond acceptors (Lipinski definition) is 4. The van der Waals surface area contributed by atoms with Crippen molar-refractivity contribution in [2.75, 3.05) is 51.8 Å². The summed E-state index contributed by atoms with van der Waals surface area (Å²) in [6.07, 6.45) is 0. The fourth-order valence-electron chi connectivity index (χ4n) is 2.36. The Morgan fingerprint density at radius 1 is 1.30 bits per heavy atom. The molecule has 1 heterocycles. The SMILES string of the molecule is Cc1ccc(Cl)cc1NC(=O)CN(C)CC(=O)N1CCOCC1. The van der Waals surface area contributed by atoms with Crippen LogP contribution in [-0.4, -0.2) is 68.1 Å². The lowest BCUT2D eigenvalue weighted by atomic mass is 10.2. The molecular formula is C16H22ClN3O3. The Kier molecular flexibility index (Phi) is 6.38. The Balaban J connectivity index is 1.82. The minimum atomic E-state index is -0.173. The van der Waals surface area contributed by atoms with Gasteiger partial charge in [0.05, 0.1) is 26.3 Å². The highest BCUT2D eigenvalue weighted by molar-refractivity contribution is 6.31. The molecule has 6 nitrogen and oxygen atoms in total. The van der Waals surface area contributed by atoms with Gasteiger partial charge >= 0.3 is 0 Å². The maximum absolute atomic E-state index is 12.1. The van der Waals surface area contributed by atoms with Crippen molar-refractivity contribution in [2.45, 2.75) is 6.92 Å². The normalized spacial score (nSPS) is 14.9. The Hall–Kier alpha value is -1.63. The molecule has 2 amide bonds. The zero-order valence-corrected chi connectivity index (χ0v) is 14.2. The Labute approximate surface area is 141 Å². The van der Waals surface area contributed by atoms with Crippen LogP contribution in [0.4, 0.5) is 5.69 Å². The van der Waals surface area contributed by atoms with Crippen molar-refractivity contribution in [3.05, 3.63) is 28.8 Å². The fraction of sp³-hybridized carbons (Fsp3) is 0.500. The van der Waals surface area contributed by atoms with Gasteiger partial charge in [-0.1, -0.05) is 17.7 Å². The van der Waals surface area contributed by atoms with Gasteiger partial charge in [-0.2, -0.15) is 0 Å². The van der Waals surface area contributed by atoms with Crippen molar-refractivity contribution in [2.24, 2.45) is 0 Å². The molecule has 0 saturated carbocycles. The monoisotopic (exact) mass is 339 g/mol. The van der Waals surface area contributed by atoms with Gasteiger partial charge in [0.1, 0.15) is 0 Å². The van der Waals surface area contributed by atoms with Gasteiger partial charge in [0.15, 0.2) is 0 Å². The molecule has 1 fully saturated rings. The maximum Gasteiger partial charge on any atom is 0.238 e. The van der Waals surface area contributed by atoms with Crippen molar-refractivity contribution >= 4 is 29.1 Å². The molecule has 0 aromatic heterocycles. The third-order valence-electron chi connectivity index (χ3n) is 3.66. The number of carbonyl (C=O) groups excluding carboxylic acids is 2. The Morgan fingerprint density at radius 3 is 2.70 bits per heavy atom. The largest absolute Gasteiger partial charge is 0.378 e. The number of hydrogen-bond donors (Lipinski definition) is 1. The molecule has 1 saturated heterocycles. The van der Waals surface area contributed by atoms with Crippen molar-refractivity contribution in [1.29, 1.82) is 0 Å². The lowest BCUT2D eigenvalue weighted by molar-refractivity contribution is -0.136. The molecule has 126 valence electrons. The summed E-state index contributed by atoms with van der Waals surface area (Å²) in [6, 6.07) is 5.34. The van der Waals surface area contributed by atoms with E-state index in [1.165, 1.54) is 0 Å². The van der Waals surface area contributed by atoms with E-state index in [9.17, 15) is 9.59 Å². The molecule has 0 atom stereocenters. The number of halogens is 1. The number of carbonyl (C=O) groups is 2. The molecule has 1 aliphatic rings. The standard InChI is InChI=1S/C16H22ClN3O3/c1-12-3-4-13(17)9-14(12)18-15(21)10-19(2)11-16(22)20-5-7-23-8-6-20/h3-4,9H,5-8,10-11H2,1-2H3,(H,18,21). The van der Waals surface area contributed by atoms with Crippen LogP contribution in [0.2, 0.25) is 5.02 Å². The number of nitrogens with zero attached hydrogens (tertiary/aromatic N) is 2. The summed E-state index contributed by atoms with van der Waals surface area (Å²) in [6.45, 7) is 4.62. The second-order valence-corrected chi connectivity index (χ2v) is 6.11. The van der Waals surface area contributed by atoms with Gasteiger partial charge in [0, 0.05) is 23.8 Å². The number of morpholine rings is 1. The number of amides is 2. The second kappa shape index (κ2) is 8.29. The van der Waals surface area contributed by atoms with Gasteiger partial charge < -0.3 is 15.0 Å². The molecule has 1 N–H and O–H groups in total. The minimum Gasteiger partial charge on any atom is -0.378 e. The van der Waals surface area contributed by atoms with Crippen LogP contribution in [0.3, 0.4) is 0 Å². The highest BCUT2D eigenvalue weighted by Gasteiger charge is 2.19. The predicted molar refractivity (Wildman–Crippen MR) is 89.7 cm³/mol. The van der Waals surface area contributed by atoms with Crippen LogP contribution in [0.5, 0.6) is 0 Å². The third kappa shape index (κ3) is 5.49. The first-order valence-corrected chi connectivity index (χ1v) is 7.93. The van der Waals surface area contributed by atoms with Crippen molar-refractivity contribution < 1.29 is 14.3 Å². The minimum absolute atomic E-state index is 0.0162. The maximum atomic E-state index is 12.1. The smallest absolute Gasteiger partial charge is 0.238 e. The van der Waals surface area contributed by atoms with Crippen LogP contribution in [0, 0.1) is 6.92 Å². The molecule has 2 rings (SSSR count). The van der Waals surface area contributed by atoms with Gasteiger partial charge in [-0.25, -0.2) is 0 Å². The van der Waals surface area contributed by atoms with E-state index in [-0.39, 0.29) is 24.9 Å². The summed E-state index contributed by atoms with van der Waals surface area (Å²) in [5, 5.41) is 3.40. The van der Waals surface area contributed by atoms with Crippen LogP contribution in [0.1, 0.15) is 5.56 Å². The number of benzene rings is 1. The van der Waals surface area contributed by atoms with Crippen LogP contribution >= 0.6 is 11.6 Å². The molecule has 0 spiro atoms. The highest BCUT2D eigenvalue weighted by atomic mass is 35.5. The summed E-state index contributed by atoms with van der Waals surface area (Å²) < 4.78 is 5.22. The van der Waals surface area contributed by atoms with Crippen LogP contribution in [0.25, 0.3) is 0 Å². The number of ether oxygens (including phenoxy) is 1. The first-order chi connectivity index (χ1) is 11.0. The summed E-state index contributed by atoms with van der Waals surface area (Å²) in [7, 11) is 1.75. The fourth-order valence-corrected chi connectivity index (χ4v) is 2.54. The number of nitrogens with one attached hydrogen (secondary N) is 1. The number of aryl methyl sites for hydroxylation is 1. The zero-order chi connectivity index (χ0) is 16.8. The van der Waals surface area contributed by atoms with E-state index in [4.69, 9.17) is 16.3 Å². The lowest BCUT2D eigenvalue weighted by Gasteiger charge is -2.28. The summed E-state index contributed by atoms with van der Waals surface area (Å²) in [5.74, 6) is -0.157. The Bertz CT molecular complexity index is 574. The van der Waals surface area contributed by atoms with Crippen LogP contribution < -0.4 is 5.32 Å². The zero-order valence-electron chi connectivity index (χ0n) is 13.5.